The van der Waals surface area contributed by atoms with E-state index in [0.29, 0.717) is 6.42 Å². The number of rotatable bonds is 5. The van der Waals surface area contributed by atoms with Crippen molar-refractivity contribution in [3.63, 3.8) is 0 Å². The molecule has 7 heteroatoms. The number of hydrogen-bond acceptors (Lipinski definition) is 4. The van der Waals surface area contributed by atoms with E-state index in [1.54, 1.807) is 25.3 Å². The summed E-state index contributed by atoms with van der Waals surface area (Å²) in [5.41, 5.74) is 0. The molecule has 0 aliphatic heterocycles. The van der Waals surface area contributed by atoms with Gasteiger partial charge in [-0.3, -0.25) is 5.10 Å². The van der Waals surface area contributed by atoms with Gasteiger partial charge in [0.15, 0.2) is 5.03 Å². The van der Waals surface area contributed by atoms with Crippen LogP contribution in [0.5, 0.6) is 0 Å². The zero-order valence-corrected chi connectivity index (χ0v) is 10.1. The molecule has 0 saturated heterocycles. The molecule has 0 saturated carbocycles. The summed E-state index contributed by atoms with van der Waals surface area (Å²) in [6, 6.07) is 4.73. The van der Waals surface area contributed by atoms with Crippen molar-refractivity contribution >= 4 is 10.0 Å². The van der Waals surface area contributed by atoms with Gasteiger partial charge in [-0.2, -0.15) is 5.10 Å². The van der Waals surface area contributed by atoms with E-state index in [-0.39, 0.29) is 11.1 Å². The number of nitrogens with one attached hydrogen (secondary N) is 2. The molecule has 6 nitrogen and oxygen atoms in total. The Hall–Kier alpha value is -1.60. The van der Waals surface area contributed by atoms with E-state index in [0.717, 1.165) is 5.76 Å². The lowest BCUT2D eigenvalue weighted by molar-refractivity contribution is 0.478. The fourth-order valence-electron chi connectivity index (χ4n) is 1.49. The van der Waals surface area contributed by atoms with E-state index in [2.05, 4.69) is 14.9 Å². The predicted molar refractivity (Wildman–Crippen MR) is 60.8 cm³/mol. The third-order valence-corrected chi connectivity index (χ3v) is 3.73. The average molecular weight is 255 g/mol. The molecule has 0 aliphatic rings. The lowest BCUT2D eigenvalue weighted by Crippen LogP contribution is -2.34. The molecule has 2 heterocycles. The van der Waals surface area contributed by atoms with Crippen LogP contribution in [0.4, 0.5) is 0 Å². The second-order valence-corrected chi connectivity index (χ2v) is 5.41. The minimum absolute atomic E-state index is 0.0591. The summed E-state index contributed by atoms with van der Waals surface area (Å²) in [5, 5.41) is 6.09. The maximum atomic E-state index is 11.8. The quantitative estimate of drug-likeness (QED) is 0.831. The van der Waals surface area contributed by atoms with Gasteiger partial charge in [-0.05, 0) is 25.1 Å². The molecule has 17 heavy (non-hydrogen) atoms. The Morgan fingerprint density at radius 2 is 2.35 bits per heavy atom. The number of aromatic nitrogens is 2. The van der Waals surface area contributed by atoms with E-state index in [9.17, 15) is 8.42 Å². The molecular formula is C10H13N3O3S. The highest BCUT2D eigenvalue weighted by Gasteiger charge is 2.19. The first-order valence-corrected chi connectivity index (χ1v) is 6.60. The molecule has 2 aromatic rings. The molecule has 0 fully saturated rings. The Kier molecular flexibility index (Phi) is 3.30. The number of sulfonamides is 1. The molecule has 2 aromatic heterocycles. The lowest BCUT2D eigenvalue weighted by Gasteiger charge is -2.11. The molecule has 2 rings (SSSR count). The molecule has 1 unspecified atom stereocenters. The second-order valence-electron chi connectivity index (χ2n) is 3.73. The lowest BCUT2D eigenvalue weighted by atomic mass is 10.2. The smallest absolute Gasteiger partial charge is 0.257 e. The SMILES string of the molecule is CC(Cc1ccco1)NS(=O)(=O)c1ccn[nH]1. The number of aromatic amines is 1. The van der Waals surface area contributed by atoms with E-state index in [4.69, 9.17) is 4.42 Å². The van der Waals surface area contributed by atoms with E-state index in [1.165, 1.54) is 12.3 Å². The zero-order valence-electron chi connectivity index (χ0n) is 9.25. The molecule has 1 atom stereocenters. The van der Waals surface area contributed by atoms with Gasteiger partial charge in [-0.1, -0.05) is 0 Å². The summed E-state index contributed by atoms with van der Waals surface area (Å²) in [4.78, 5) is 0. The Morgan fingerprint density at radius 3 is 2.94 bits per heavy atom. The Balaban J connectivity index is 2.01. The largest absolute Gasteiger partial charge is 0.469 e. The van der Waals surface area contributed by atoms with Crippen LogP contribution in [0.25, 0.3) is 0 Å². The van der Waals surface area contributed by atoms with Crippen molar-refractivity contribution in [2.75, 3.05) is 0 Å². The topological polar surface area (TPSA) is 88.0 Å². The third-order valence-electron chi connectivity index (χ3n) is 2.21. The van der Waals surface area contributed by atoms with E-state index >= 15 is 0 Å². The maximum Gasteiger partial charge on any atom is 0.257 e. The average Bonchev–Trinajstić information content (AvgIpc) is 2.87. The highest BCUT2D eigenvalue weighted by atomic mass is 32.2. The van der Waals surface area contributed by atoms with Crippen LogP contribution in [0.2, 0.25) is 0 Å². The molecule has 0 aliphatic carbocycles. The van der Waals surface area contributed by atoms with Gasteiger partial charge in [-0.15, -0.1) is 0 Å². The summed E-state index contributed by atoms with van der Waals surface area (Å²) < 4.78 is 31.3. The minimum Gasteiger partial charge on any atom is -0.469 e. The zero-order chi connectivity index (χ0) is 12.3. The maximum absolute atomic E-state index is 11.8. The van der Waals surface area contributed by atoms with Crippen molar-refractivity contribution in [1.29, 1.82) is 0 Å². The van der Waals surface area contributed by atoms with Gasteiger partial charge < -0.3 is 4.42 Å². The van der Waals surface area contributed by atoms with Crippen LogP contribution in [-0.2, 0) is 16.4 Å². The van der Waals surface area contributed by atoms with Crippen LogP contribution in [0.3, 0.4) is 0 Å². The molecule has 0 bridgehead atoms. The summed E-state index contributed by atoms with van der Waals surface area (Å²) in [6.07, 6.45) is 3.46. The molecule has 0 radical (unpaired) electrons. The first-order chi connectivity index (χ1) is 8.08. The third kappa shape index (κ3) is 2.95. The van der Waals surface area contributed by atoms with Crippen molar-refractivity contribution in [2.24, 2.45) is 0 Å². The van der Waals surface area contributed by atoms with Crippen LogP contribution in [0.1, 0.15) is 12.7 Å². The van der Waals surface area contributed by atoms with Gasteiger partial charge in [0.05, 0.1) is 12.5 Å². The fraction of sp³-hybridized carbons (Fsp3) is 0.300. The van der Waals surface area contributed by atoms with Gasteiger partial charge in [-0.25, -0.2) is 13.1 Å². The van der Waals surface area contributed by atoms with Gasteiger partial charge >= 0.3 is 0 Å². The number of H-pyrrole nitrogens is 1. The van der Waals surface area contributed by atoms with E-state index in [1.807, 2.05) is 0 Å². The van der Waals surface area contributed by atoms with Gasteiger partial charge in [0, 0.05) is 12.5 Å². The first-order valence-electron chi connectivity index (χ1n) is 5.12. The van der Waals surface area contributed by atoms with E-state index < -0.39 is 10.0 Å². The summed E-state index contributed by atoms with van der Waals surface area (Å²) >= 11 is 0. The van der Waals surface area contributed by atoms with Crippen molar-refractivity contribution < 1.29 is 12.8 Å². The highest BCUT2D eigenvalue weighted by Crippen LogP contribution is 2.08. The Morgan fingerprint density at radius 1 is 1.53 bits per heavy atom. The van der Waals surface area contributed by atoms with Crippen LogP contribution in [-0.4, -0.2) is 24.7 Å². The second kappa shape index (κ2) is 4.72. The molecule has 0 aromatic carbocycles. The molecule has 0 amide bonds. The number of nitrogens with zero attached hydrogens (tertiary/aromatic N) is 1. The standard InChI is InChI=1S/C10H13N3O3S/c1-8(7-9-3-2-6-16-9)13-17(14,15)10-4-5-11-12-10/h2-6,8,13H,7H2,1H3,(H,11,12). The summed E-state index contributed by atoms with van der Waals surface area (Å²) in [5.74, 6) is 0.741. The number of hydrogen-bond donors (Lipinski definition) is 2. The Bertz CT molecular complexity index is 546. The monoisotopic (exact) mass is 255 g/mol. The minimum atomic E-state index is -3.53. The van der Waals surface area contributed by atoms with Crippen molar-refractivity contribution in [3.8, 4) is 0 Å². The summed E-state index contributed by atoms with van der Waals surface area (Å²) in [6.45, 7) is 1.77. The van der Waals surface area contributed by atoms with Crippen LogP contribution >= 0.6 is 0 Å². The molecule has 92 valence electrons. The number of furan rings is 1. The molecule has 0 spiro atoms. The summed E-state index contributed by atoms with van der Waals surface area (Å²) in [7, 11) is -3.53. The van der Waals surface area contributed by atoms with Crippen LogP contribution < -0.4 is 4.72 Å². The van der Waals surface area contributed by atoms with Gasteiger partial charge in [0.25, 0.3) is 10.0 Å². The molecular weight excluding hydrogens is 242 g/mol. The Labute approximate surface area is 99.1 Å². The highest BCUT2D eigenvalue weighted by molar-refractivity contribution is 7.89. The van der Waals surface area contributed by atoms with Crippen molar-refractivity contribution in [3.05, 3.63) is 36.4 Å². The van der Waals surface area contributed by atoms with Crippen LogP contribution in [0, 0.1) is 0 Å². The first kappa shape index (κ1) is 11.9. The van der Waals surface area contributed by atoms with Crippen molar-refractivity contribution in [2.45, 2.75) is 24.4 Å². The predicted octanol–water partition coefficient (Wildman–Crippen LogP) is 0.912. The van der Waals surface area contributed by atoms with Crippen LogP contribution in [0.15, 0.2) is 40.1 Å². The van der Waals surface area contributed by atoms with Gasteiger partial charge in [0.1, 0.15) is 5.76 Å². The normalized spacial score (nSPS) is 13.7. The fourth-order valence-corrected chi connectivity index (χ4v) is 2.65. The van der Waals surface area contributed by atoms with Gasteiger partial charge in [0.2, 0.25) is 0 Å². The van der Waals surface area contributed by atoms with Crippen molar-refractivity contribution in [1.82, 2.24) is 14.9 Å². The molecule has 2 N–H and O–H groups in total.